The van der Waals surface area contributed by atoms with Crippen LogP contribution in [0.2, 0.25) is 10.0 Å². The van der Waals surface area contributed by atoms with Crippen molar-refractivity contribution in [2.45, 2.75) is 19.4 Å². The lowest BCUT2D eigenvalue weighted by molar-refractivity contribution is 0.598. The van der Waals surface area contributed by atoms with Gasteiger partial charge in [0.1, 0.15) is 0 Å². The summed E-state index contributed by atoms with van der Waals surface area (Å²) in [5, 5.41) is 5.01. The molecule has 1 nitrogen and oxygen atoms in total. The molecule has 0 radical (unpaired) electrons. The number of hydrogen-bond acceptors (Lipinski definition) is 1. The van der Waals surface area contributed by atoms with Gasteiger partial charge in [-0.15, -0.1) is 0 Å². The molecule has 20 heavy (non-hydrogen) atoms. The van der Waals surface area contributed by atoms with Gasteiger partial charge in [0.2, 0.25) is 0 Å². The van der Waals surface area contributed by atoms with Crippen LogP contribution in [-0.2, 0) is 0 Å². The fourth-order valence-corrected chi connectivity index (χ4v) is 3.28. The molecule has 0 saturated carbocycles. The average molecular weight is 373 g/mol. The van der Waals surface area contributed by atoms with Crippen molar-refractivity contribution >= 4 is 39.1 Å². The summed E-state index contributed by atoms with van der Waals surface area (Å²) >= 11 is 16.0. The maximum atomic E-state index is 6.34. The van der Waals surface area contributed by atoms with Crippen molar-refractivity contribution in [3.8, 4) is 0 Å². The summed E-state index contributed by atoms with van der Waals surface area (Å²) in [5.74, 6) is 0. The summed E-state index contributed by atoms with van der Waals surface area (Å²) in [6.45, 7) is 3.06. The largest absolute Gasteiger partial charge is 0.306 e. The van der Waals surface area contributed by atoms with E-state index in [-0.39, 0.29) is 6.04 Å². The van der Waals surface area contributed by atoms with E-state index in [1.54, 1.807) is 0 Å². The van der Waals surface area contributed by atoms with Crippen LogP contribution in [0, 0.1) is 0 Å². The third-order valence-electron chi connectivity index (χ3n) is 3.03. The van der Waals surface area contributed by atoms with E-state index in [4.69, 9.17) is 23.2 Å². The first-order chi connectivity index (χ1) is 9.61. The Bertz CT molecular complexity index is 566. The number of rotatable bonds is 5. The summed E-state index contributed by atoms with van der Waals surface area (Å²) in [4.78, 5) is 0. The molecule has 0 saturated heterocycles. The molecule has 0 spiro atoms. The first kappa shape index (κ1) is 15.8. The third kappa shape index (κ3) is 3.98. The van der Waals surface area contributed by atoms with Crippen molar-refractivity contribution in [2.75, 3.05) is 6.54 Å². The summed E-state index contributed by atoms with van der Waals surface area (Å²) in [6, 6.07) is 13.9. The van der Waals surface area contributed by atoms with Gasteiger partial charge in [-0.05, 0) is 48.4 Å². The van der Waals surface area contributed by atoms with Crippen molar-refractivity contribution in [1.82, 2.24) is 5.32 Å². The number of benzene rings is 2. The number of hydrogen-bond donors (Lipinski definition) is 1. The van der Waals surface area contributed by atoms with E-state index in [2.05, 4.69) is 34.2 Å². The van der Waals surface area contributed by atoms with Crippen LogP contribution >= 0.6 is 39.1 Å². The van der Waals surface area contributed by atoms with Gasteiger partial charge in [-0.2, -0.15) is 0 Å². The van der Waals surface area contributed by atoms with Crippen LogP contribution < -0.4 is 5.32 Å². The minimum atomic E-state index is 0.0404. The molecule has 0 bridgehead atoms. The molecule has 1 atom stereocenters. The summed E-state index contributed by atoms with van der Waals surface area (Å²) in [6.07, 6.45) is 1.06. The highest BCUT2D eigenvalue weighted by molar-refractivity contribution is 9.10. The van der Waals surface area contributed by atoms with E-state index in [0.717, 1.165) is 33.6 Å². The molecule has 2 rings (SSSR count). The van der Waals surface area contributed by atoms with Gasteiger partial charge < -0.3 is 5.32 Å². The predicted molar refractivity (Wildman–Crippen MR) is 90.7 cm³/mol. The Morgan fingerprint density at radius 3 is 2.55 bits per heavy atom. The molecule has 0 heterocycles. The quantitative estimate of drug-likeness (QED) is 0.694. The molecule has 0 amide bonds. The molecule has 1 N–H and O–H groups in total. The highest BCUT2D eigenvalue weighted by atomic mass is 79.9. The monoisotopic (exact) mass is 371 g/mol. The Morgan fingerprint density at radius 1 is 1.15 bits per heavy atom. The fourth-order valence-electron chi connectivity index (χ4n) is 2.15. The zero-order chi connectivity index (χ0) is 14.5. The highest BCUT2D eigenvalue weighted by Crippen LogP contribution is 2.31. The number of nitrogens with one attached hydrogen (secondary N) is 1. The van der Waals surface area contributed by atoms with Crippen LogP contribution in [0.15, 0.2) is 46.9 Å². The second-order valence-electron chi connectivity index (χ2n) is 4.61. The average Bonchev–Trinajstić information content (AvgIpc) is 2.40. The Labute approximate surface area is 138 Å². The normalized spacial score (nSPS) is 12.4. The number of halogens is 3. The topological polar surface area (TPSA) is 12.0 Å². The van der Waals surface area contributed by atoms with Crippen LogP contribution in [0.25, 0.3) is 0 Å². The molecule has 0 aliphatic carbocycles. The van der Waals surface area contributed by atoms with E-state index in [1.165, 1.54) is 0 Å². The molecule has 0 aliphatic rings. The molecular weight excluding hydrogens is 357 g/mol. The van der Waals surface area contributed by atoms with Gasteiger partial charge in [0, 0.05) is 14.5 Å². The summed E-state index contributed by atoms with van der Waals surface area (Å²) in [5.41, 5.74) is 2.17. The van der Waals surface area contributed by atoms with E-state index in [9.17, 15) is 0 Å². The third-order valence-corrected chi connectivity index (χ3v) is 4.05. The zero-order valence-electron chi connectivity index (χ0n) is 11.2. The lowest BCUT2D eigenvalue weighted by Crippen LogP contribution is -2.23. The Balaban J connectivity index is 2.44. The predicted octanol–water partition coefficient (Wildman–Crippen LogP) is 5.84. The van der Waals surface area contributed by atoms with E-state index in [0.29, 0.717) is 5.02 Å². The van der Waals surface area contributed by atoms with Crippen molar-refractivity contribution in [3.63, 3.8) is 0 Å². The summed E-state index contributed by atoms with van der Waals surface area (Å²) < 4.78 is 0.968. The van der Waals surface area contributed by atoms with Gasteiger partial charge in [-0.3, -0.25) is 0 Å². The fraction of sp³-hybridized carbons (Fsp3) is 0.250. The van der Waals surface area contributed by atoms with Crippen LogP contribution in [0.5, 0.6) is 0 Å². The molecule has 0 aliphatic heterocycles. The van der Waals surface area contributed by atoms with Gasteiger partial charge >= 0.3 is 0 Å². The molecule has 0 fully saturated rings. The second kappa shape index (κ2) is 7.46. The van der Waals surface area contributed by atoms with Crippen molar-refractivity contribution in [3.05, 3.63) is 68.1 Å². The SMILES string of the molecule is CCCNC(c1cc(Cl)cc(Br)c1)c1ccccc1Cl. The molecule has 2 aromatic rings. The van der Waals surface area contributed by atoms with Gasteiger partial charge in [-0.25, -0.2) is 0 Å². The van der Waals surface area contributed by atoms with Crippen molar-refractivity contribution in [2.24, 2.45) is 0 Å². The molecular formula is C16H16BrCl2N. The highest BCUT2D eigenvalue weighted by Gasteiger charge is 2.17. The Kier molecular flexibility index (Phi) is 5.91. The van der Waals surface area contributed by atoms with Crippen LogP contribution in [-0.4, -0.2) is 6.54 Å². The van der Waals surface area contributed by atoms with Gasteiger partial charge in [0.05, 0.1) is 6.04 Å². The zero-order valence-corrected chi connectivity index (χ0v) is 14.3. The Morgan fingerprint density at radius 2 is 1.90 bits per heavy atom. The van der Waals surface area contributed by atoms with Crippen molar-refractivity contribution < 1.29 is 0 Å². The maximum absolute atomic E-state index is 6.34. The molecule has 106 valence electrons. The maximum Gasteiger partial charge on any atom is 0.0592 e. The van der Waals surface area contributed by atoms with Gasteiger partial charge in [-0.1, -0.05) is 64.3 Å². The van der Waals surface area contributed by atoms with Crippen molar-refractivity contribution in [1.29, 1.82) is 0 Å². The summed E-state index contributed by atoms with van der Waals surface area (Å²) in [7, 11) is 0. The first-order valence-corrected chi connectivity index (χ1v) is 8.10. The molecule has 4 heteroatoms. The minimum Gasteiger partial charge on any atom is -0.306 e. The molecule has 1 unspecified atom stereocenters. The lowest BCUT2D eigenvalue weighted by atomic mass is 9.98. The smallest absolute Gasteiger partial charge is 0.0592 e. The van der Waals surface area contributed by atoms with Crippen LogP contribution in [0.1, 0.15) is 30.5 Å². The molecule has 2 aromatic carbocycles. The Hall–Kier alpha value is -0.540. The van der Waals surface area contributed by atoms with Gasteiger partial charge in [0.25, 0.3) is 0 Å². The van der Waals surface area contributed by atoms with E-state index < -0.39 is 0 Å². The standard InChI is InChI=1S/C16H16BrCl2N/c1-2-7-20-16(14-5-3-4-6-15(14)19)11-8-12(17)10-13(18)9-11/h3-6,8-10,16,20H,2,7H2,1H3. The first-order valence-electron chi connectivity index (χ1n) is 6.55. The lowest BCUT2D eigenvalue weighted by Gasteiger charge is -2.21. The minimum absolute atomic E-state index is 0.0404. The second-order valence-corrected chi connectivity index (χ2v) is 6.37. The van der Waals surface area contributed by atoms with Crippen LogP contribution in [0.3, 0.4) is 0 Å². The van der Waals surface area contributed by atoms with Gasteiger partial charge in [0.15, 0.2) is 0 Å². The van der Waals surface area contributed by atoms with Crippen LogP contribution in [0.4, 0.5) is 0 Å². The molecule has 0 aromatic heterocycles. The van der Waals surface area contributed by atoms with E-state index in [1.807, 2.05) is 36.4 Å². The van der Waals surface area contributed by atoms with E-state index >= 15 is 0 Å².